The lowest BCUT2D eigenvalue weighted by Crippen LogP contribution is -2.41. The van der Waals surface area contributed by atoms with E-state index in [2.05, 4.69) is 27.9 Å². The molecule has 0 saturated heterocycles. The summed E-state index contributed by atoms with van der Waals surface area (Å²) in [6.45, 7) is 2.11. The lowest BCUT2D eigenvalue weighted by Gasteiger charge is -2.33. The van der Waals surface area contributed by atoms with Crippen LogP contribution in [0.25, 0.3) is 11.4 Å². The number of benzene rings is 3. The molecule has 33 heavy (non-hydrogen) atoms. The second kappa shape index (κ2) is 9.29. The number of hydrogen-bond acceptors (Lipinski definition) is 5. The number of fused-ring (bicyclic) bond motifs is 1. The van der Waals surface area contributed by atoms with Crippen molar-refractivity contribution in [2.45, 2.75) is 29.8 Å². The Kier molecular flexibility index (Phi) is 6.07. The highest BCUT2D eigenvalue weighted by molar-refractivity contribution is 8.00. The minimum absolute atomic E-state index is 0.104. The van der Waals surface area contributed by atoms with E-state index in [1.54, 1.807) is 0 Å². The predicted molar refractivity (Wildman–Crippen MR) is 133 cm³/mol. The largest absolute Gasteiger partial charge is 0.325 e. The van der Waals surface area contributed by atoms with E-state index < -0.39 is 5.25 Å². The normalized spacial score (nSPS) is 17.2. The summed E-state index contributed by atoms with van der Waals surface area (Å²) >= 11 is 7.52. The van der Waals surface area contributed by atoms with E-state index >= 15 is 0 Å². The highest BCUT2D eigenvalue weighted by Crippen LogP contribution is 2.39. The topological polar surface area (TPSA) is 71.8 Å². The number of thioether (sulfide) groups is 1. The van der Waals surface area contributed by atoms with Crippen molar-refractivity contribution >= 4 is 35.0 Å². The first kappa shape index (κ1) is 21.6. The van der Waals surface area contributed by atoms with Crippen LogP contribution in [0, 0.1) is 0 Å². The Morgan fingerprint density at radius 1 is 1.03 bits per heavy atom. The Morgan fingerprint density at radius 2 is 1.76 bits per heavy atom. The van der Waals surface area contributed by atoms with Gasteiger partial charge in [-0.15, -0.1) is 10.2 Å². The highest BCUT2D eigenvalue weighted by atomic mass is 35.5. The number of nitrogens with zero attached hydrogens (tertiary/aromatic N) is 3. The molecule has 0 fully saturated rings. The molecule has 0 spiro atoms. The molecule has 1 aliphatic rings. The van der Waals surface area contributed by atoms with Crippen molar-refractivity contribution in [3.63, 3.8) is 0 Å². The summed E-state index contributed by atoms with van der Waals surface area (Å²) in [5.74, 6) is 0.596. The summed E-state index contributed by atoms with van der Waals surface area (Å²) in [6, 6.07) is 25.0. The number of aromatic nitrogens is 3. The summed E-state index contributed by atoms with van der Waals surface area (Å²) in [5.41, 5.74) is 7.37. The zero-order chi connectivity index (χ0) is 22.8. The van der Waals surface area contributed by atoms with E-state index in [9.17, 15) is 4.79 Å². The summed E-state index contributed by atoms with van der Waals surface area (Å²) in [7, 11) is 0. The van der Waals surface area contributed by atoms with Crippen LogP contribution in [0.5, 0.6) is 0 Å². The van der Waals surface area contributed by atoms with E-state index in [1.165, 1.54) is 17.3 Å². The van der Waals surface area contributed by atoms with Crippen LogP contribution in [0.1, 0.15) is 24.1 Å². The molecule has 1 aromatic heterocycles. The number of halogens is 1. The van der Waals surface area contributed by atoms with Gasteiger partial charge in [0.05, 0.1) is 6.04 Å². The van der Waals surface area contributed by atoms with Gasteiger partial charge >= 0.3 is 0 Å². The Labute approximate surface area is 201 Å². The van der Waals surface area contributed by atoms with Crippen molar-refractivity contribution in [1.82, 2.24) is 14.9 Å². The van der Waals surface area contributed by atoms with Crippen LogP contribution in [0.4, 0.5) is 5.69 Å². The van der Waals surface area contributed by atoms with Gasteiger partial charge in [0.1, 0.15) is 5.25 Å². The zero-order valence-corrected chi connectivity index (χ0v) is 19.5. The molecule has 1 aliphatic heterocycles. The molecule has 0 unspecified atom stereocenters. The van der Waals surface area contributed by atoms with Gasteiger partial charge in [-0.05, 0) is 41.8 Å². The molecule has 166 valence electrons. The van der Waals surface area contributed by atoms with Crippen molar-refractivity contribution in [2.24, 2.45) is 0 Å². The van der Waals surface area contributed by atoms with Crippen LogP contribution < -0.4 is 10.7 Å². The lowest BCUT2D eigenvalue weighted by atomic mass is 10.0. The minimum atomic E-state index is -0.461. The van der Waals surface area contributed by atoms with E-state index in [4.69, 9.17) is 11.6 Å². The summed E-state index contributed by atoms with van der Waals surface area (Å²) in [5, 5.41) is 12.6. The maximum absolute atomic E-state index is 13.4. The first-order chi connectivity index (χ1) is 16.1. The molecular weight excluding hydrogens is 454 g/mol. The Morgan fingerprint density at radius 3 is 2.45 bits per heavy atom. The second-order valence-corrected chi connectivity index (χ2v) is 9.29. The van der Waals surface area contributed by atoms with Crippen LogP contribution in [0.3, 0.4) is 0 Å². The van der Waals surface area contributed by atoms with Crippen LogP contribution in [-0.2, 0) is 11.2 Å². The fraction of sp³-hybridized carbons (Fsp3) is 0.160. The van der Waals surface area contributed by atoms with E-state index in [0.717, 1.165) is 23.2 Å². The van der Waals surface area contributed by atoms with Gasteiger partial charge in [0.25, 0.3) is 0 Å². The first-order valence-corrected chi connectivity index (χ1v) is 12.0. The van der Waals surface area contributed by atoms with Gasteiger partial charge in [0.2, 0.25) is 11.1 Å². The third-order valence-electron chi connectivity index (χ3n) is 5.59. The number of hydrogen-bond donors (Lipinski definition) is 2. The molecule has 2 heterocycles. The Hall–Kier alpha value is -3.29. The number of rotatable bonds is 5. The van der Waals surface area contributed by atoms with Crippen molar-refractivity contribution in [3.8, 4) is 11.4 Å². The van der Waals surface area contributed by atoms with Gasteiger partial charge in [-0.2, -0.15) is 0 Å². The Bertz CT molecular complexity index is 1260. The first-order valence-electron chi connectivity index (χ1n) is 10.7. The fourth-order valence-electron chi connectivity index (χ4n) is 3.79. The van der Waals surface area contributed by atoms with Gasteiger partial charge in [0.15, 0.2) is 5.82 Å². The number of anilines is 1. The molecule has 5 rings (SSSR count). The van der Waals surface area contributed by atoms with E-state index in [0.29, 0.717) is 16.0 Å². The average molecular weight is 476 g/mol. The van der Waals surface area contributed by atoms with Gasteiger partial charge < -0.3 is 10.7 Å². The molecule has 0 radical (unpaired) electrons. The average Bonchev–Trinajstić information content (AvgIpc) is 3.28. The molecule has 0 aliphatic carbocycles. The lowest BCUT2D eigenvalue weighted by molar-refractivity contribution is -0.116. The minimum Gasteiger partial charge on any atom is -0.325 e. The molecule has 6 nitrogen and oxygen atoms in total. The molecule has 8 heteroatoms. The third-order valence-corrected chi connectivity index (χ3v) is 7.05. The number of aryl methyl sites for hydroxylation is 1. The SMILES string of the molecule is CCc1ccc(NC(=O)[C@@H]2Sc3nnc(-c4ccccc4)n3N[C@H]2c2ccc(Cl)cc2)cc1. The maximum Gasteiger partial charge on any atom is 0.240 e. The van der Waals surface area contributed by atoms with Gasteiger partial charge in [-0.25, -0.2) is 4.68 Å². The molecule has 1 amide bonds. The summed E-state index contributed by atoms with van der Waals surface area (Å²) < 4.78 is 1.86. The fourth-order valence-corrected chi connectivity index (χ4v) is 4.99. The molecule has 0 bridgehead atoms. The monoisotopic (exact) mass is 475 g/mol. The van der Waals surface area contributed by atoms with Crippen LogP contribution >= 0.6 is 23.4 Å². The quantitative estimate of drug-likeness (QED) is 0.395. The molecule has 4 aromatic rings. The Balaban J connectivity index is 1.48. The van der Waals surface area contributed by atoms with Gasteiger partial charge in [-0.3, -0.25) is 4.79 Å². The van der Waals surface area contributed by atoms with Crippen molar-refractivity contribution < 1.29 is 4.79 Å². The van der Waals surface area contributed by atoms with Crippen LogP contribution in [0.15, 0.2) is 84.0 Å². The molecular formula is C25H22ClN5OS. The zero-order valence-electron chi connectivity index (χ0n) is 17.9. The van der Waals surface area contributed by atoms with Crippen LogP contribution in [0.2, 0.25) is 5.02 Å². The third kappa shape index (κ3) is 4.47. The number of amides is 1. The van der Waals surface area contributed by atoms with E-state index in [1.807, 2.05) is 83.5 Å². The molecule has 3 aromatic carbocycles. The predicted octanol–water partition coefficient (Wildman–Crippen LogP) is 5.56. The molecule has 0 saturated carbocycles. The van der Waals surface area contributed by atoms with Crippen molar-refractivity contribution in [2.75, 3.05) is 10.7 Å². The summed E-state index contributed by atoms with van der Waals surface area (Å²) in [4.78, 5) is 13.4. The summed E-state index contributed by atoms with van der Waals surface area (Å²) in [6.07, 6.45) is 0.953. The highest BCUT2D eigenvalue weighted by Gasteiger charge is 2.38. The standard InChI is InChI=1S/C25H22ClN5OS/c1-2-16-8-14-20(15-9-16)27-24(32)22-21(17-10-12-19(26)13-11-17)30-31-23(28-29-25(31)33-22)18-6-4-3-5-7-18/h3-15,21-22,30H,2H2,1H3,(H,27,32)/t21-,22+/m0/s1. The molecule has 2 atom stereocenters. The number of carbonyl (C=O) groups is 1. The number of nitrogens with one attached hydrogen (secondary N) is 2. The van der Waals surface area contributed by atoms with Crippen molar-refractivity contribution in [1.29, 1.82) is 0 Å². The van der Waals surface area contributed by atoms with Gasteiger partial charge in [-0.1, -0.05) is 84.9 Å². The van der Waals surface area contributed by atoms with E-state index in [-0.39, 0.29) is 11.9 Å². The van der Waals surface area contributed by atoms with Crippen molar-refractivity contribution in [3.05, 3.63) is 95.0 Å². The van der Waals surface area contributed by atoms with Crippen LogP contribution in [-0.4, -0.2) is 26.0 Å². The molecule has 2 N–H and O–H groups in total. The maximum atomic E-state index is 13.4. The second-order valence-electron chi connectivity index (χ2n) is 7.74. The number of carbonyl (C=O) groups excluding carboxylic acids is 1. The smallest absolute Gasteiger partial charge is 0.240 e. The van der Waals surface area contributed by atoms with Gasteiger partial charge in [0, 0.05) is 16.3 Å².